The number of pyridine rings is 2. The van der Waals surface area contributed by atoms with Crippen LogP contribution in [-0.2, 0) is 31.9 Å². The fraction of sp³-hybridized carbons (Fsp3) is 0.359. The first-order valence-electron chi connectivity index (χ1n) is 15.9. The van der Waals surface area contributed by atoms with Gasteiger partial charge in [-0.05, 0) is 59.9 Å². The molecule has 0 N–H and O–H groups in total. The van der Waals surface area contributed by atoms with Crippen LogP contribution in [0.25, 0.3) is 5.65 Å². The number of para-hydroxylation sites is 2. The van der Waals surface area contributed by atoms with Crippen molar-refractivity contribution in [3.05, 3.63) is 114 Å². The largest absolute Gasteiger partial charge is 0.521 e. The van der Waals surface area contributed by atoms with Gasteiger partial charge in [-0.3, -0.25) is 9.97 Å². The second kappa shape index (κ2) is 12.5. The number of nitrogens with zero attached hydrogens (tertiary/aromatic N) is 5. The Morgan fingerprint density at radius 1 is 0.826 bits per heavy atom. The van der Waals surface area contributed by atoms with E-state index in [9.17, 15) is 0 Å². The van der Waals surface area contributed by atoms with Gasteiger partial charge in [0.25, 0.3) is 0 Å². The molecule has 46 heavy (non-hydrogen) atoms. The maximum atomic E-state index is 6.58. The third-order valence-corrected chi connectivity index (χ3v) is 8.69. The maximum absolute atomic E-state index is 6.58. The van der Waals surface area contributed by atoms with Crippen molar-refractivity contribution >= 4 is 22.7 Å². The standard InChI is InChI=1S/C39H44N5O.Pt/c1-25(2)36-37(26(3)4)44-34(39(8,9)33-20-27(18-19-40-33)38(5,6)7)22-30(23-35(44)41-36)45-29-15-13-14-28(21-29)43-24-42(10)31-16-11-12-17-32(31)43;/h11-20,23-26H,1-10H3;/q-3;. The molecule has 3 aromatic heterocycles. The number of rotatable bonds is 7. The molecule has 0 unspecified atom stereocenters. The molecular weight excluding hydrogens is 750 g/mol. The van der Waals surface area contributed by atoms with Gasteiger partial charge in [-0.25, -0.2) is 0 Å². The molecular formula is C39H44N5OPt-3. The zero-order valence-corrected chi connectivity index (χ0v) is 30.8. The Kier molecular flexibility index (Phi) is 9.18. The Labute approximate surface area is 289 Å². The zero-order chi connectivity index (χ0) is 32.3. The monoisotopic (exact) mass is 793 g/mol. The number of imidazole rings is 1. The molecule has 244 valence electrons. The summed E-state index contributed by atoms with van der Waals surface area (Å²) in [6.07, 6.45) is 1.93. The summed E-state index contributed by atoms with van der Waals surface area (Å²) >= 11 is 0. The van der Waals surface area contributed by atoms with E-state index in [-0.39, 0.29) is 38.3 Å². The molecule has 4 heterocycles. The molecule has 0 radical (unpaired) electrons. The van der Waals surface area contributed by atoms with Gasteiger partial charge < -0.3 is 18.9 Å². The molecule has 6 rings (SSSR count). The molecule has 0 fully saturated rings. The van der Waals surface area contributed by atoms with E-state index in [1.807, 2.05) is 30.5 Å². The third kappa shape index (κ3) is 6.09. The van der Waals surface area contributed by atoms with Crippen molar-refractivity contribution < 1.29 is 25.8 Å². The summed E-state index contributed by atoms with van der Waals surface area (Å²) in [4.78, 5) is 14.3. The minimum absolute atomic E-state index is 0. The van der Waals surface area contributed by atoms with Crippen LogP contribution in [0.15, 0.2) is 66.9 Å². The molecule has 0 saturated carbocycles. The van der Waals surface area contributed by atoms with Gasteiger partial charge in [0.15, 0.2) is 0 Å². The SMILES string of the molecule is CC(C)c1nc2cc(Oc3[c-]c(N4[CH-]N(C)c5ccccc54)ccc3)[c-]c(C(C)(C)c3cc(C(C)(C)C)ccn3)n2c1C(C)C.[Pt]. The molecule has 0 amide bonds. The second-order valence-electron chi connectivity index (χ2n) is 14.3. The van der Waals surface area contributed by atoms with Crippen molar-refractivity contribution in [1.29, 1.82) is 0 Å². The van der Waals surface area contributed by atoms with Gasteiger partial charge >= 0.3 is 0 Å². The maximum Gasteiger partial charge on any atom is 0.0635 e. The summed E-state index contributed by atoms with van der Waals surface area (Å²) in [5.41, 5.74) is 9.03. The molecule has 5 aromatic rings. The van der Waals surface area contributed by atoms with Crippen LogP contribution in [0.3, 0.4) is 0 Å². The first-order chi connectivity index (χ1) is 21.3. The second-order valence-corrected chi connectivity index (χ2v) is 14.3. The summed E-state index contributed by atoms with van der Waals surface area (Å²) in [6.45, 7) is 22.1. The quantitative estimate of drug-likeness (QED) is 0.154. The van der Waals surface area contributed by atoms with Crippen LogP contribution in [0.1, 0.15) is 102 Å². The van der Waals surface area contributed by atoms with Gasteiger partial charge in [0.1, 0.15) is 0 Å². The summed E-state index contributed by atoms with van der Waals surface area (Å²) in [7, 11) is 2.06. The molecule has 1 aliphatic heterocycles. The van der Waals surface area contributed by atoms with Crippen LogP contribution in [0.5, 0.6) is 11.5 Å². The molecule has 7 heteroatoms. The number of aromatic nitrogens is 3. The average Bonchev–Trinajstić information content (AvgIpc) is 3.55. The van der Waals surface area contributed by atoms with Gasteiger partial charge in [-0.15, -0.1) is 30.0 Å². The smallest absolute Gasteiger partial charge is 0.0635 e. The van der Waals surface area contributed by atoms with E-state index in [0.717, 1.165) is 39.8 Å². The first kappa shape index (κ1) is 33.7. The number of hydrogen-bond donors (Lipinski definition) is 0. The predicted molar refractivity (Wildman–Crippen MR) is 184 cm³/mol. The molecule has 1 aliphatic rings. The van der Waals surface area contributed by atoms with Crippen molar-refractivity contribution in [1.82, 2.24) is 14.4 Å². The molecule has 6 nitrogen and oxygen atoms in total. The van der Waals surface area contributed by atoms with E-state index < -0.39 is 5.41 Å². The minimum Gasteiger partial charge on any atom is -0.521 e. The Morgan fingerprint density at radius 3 is 2.22 bits per heavy atom. The number of benzene rings is 2. The van der Waals surface area contributed by atoms with Crippen LogP contribution in [-0.4, -0.2) is 21.4 Å². The molecule has 0 bridgehead atoms. The van der Waals surface area contributed by atoms with E-state index in [2.05, 4.69) is 139 Å². The van der Waals surface area contributed by atoms with E-state index in [1.165, 1.54) is 11.3 Å². The summed E-state index contributed by atoms with van der Waals surface area (Å²) in [6, 6.07) is 27.9. The van der Waals surface area contributed by atoms with Crippen molar-refractivity contribution in [3.8, 4) is 11.5 Å². The molecule has 0 atom stereocenters. The summed E-state index contributed by atoms with van der Waals surface area (Å²) in [5.74, 6) is 1.76. The van der Waals surface area contributed by atoms with E-state index in [1.54, 1.807) is 0 Å². The van der Waals surface area contributed by atoms with Crippen LogP contribution >= 0.6 is 0 Å². The third-order valence-electron chi connectivity index (χ3n) is 8.69. The average molecular weight is 794 g/mol. The topological polar surface area (TPSA) is 45.9 Å². The van der Waals surface area contributed by atoms with Gasteiger partial charge in [0, 0.05) is 55.5 Å². The Bertz CT molecular complexity index is 1870. The van der Waals surface area contributed by atoms with Crippen molar-refractivity contribution in [3.63, 3.8) is 0 Å². The fourth-order valence-corrected chi connectivity index (χ4v) is 6.17. The van der Waals surface area contributed by atoms with Crippen LogP contribution in [0, 0.1) is 18.8 Å². The van der Waals surface area contributed by atoms with Gasteiger partial charge in [-0.1, -0.05) is 80.1 Å². The van der Waals surface area contributed by atoms with Crippen molar-refractivity contribution in [2.24, 2.45) is 0 Å². The Hall–Kier alpha value is -3.63. The molecule has 0 saturated heterocycles. The summed E-state index contributed by atoms with van der Waals surface area (Å²) in [5, 5.41) is 0. The number of hydrogen-bond acceptors (Lipinski definition) is 5. The molecule has 2 aromatic carbocycles. The van der Waals surface area contributed by atoms with Crippen molar-refractivity contribution in [2.45, 2.75) is 85.0 Å². The van der Waals surface area contributed by atoms with Gasteiger partial charge in [-0.2, -0.15) is 18.8 Å². The Balaban J connectivity index is 0.00000417. The van der Waals surface area contributed by atoms with Crippen LogP contribution in [0.4, 0.5) is 17.1 Å². The Morgan fingerprint density at radius 2 is 1.54 bits per heavy atom. The van der Waals surface area contributed by atoms with Crippen LogP contribution in [0.2, 0.25) is 0 Å². The fourth-order valence-electron chi connectivity index (χ4n) is 6.17. The number of ether oxygens (including phenoxy) is 1. The van der Waals surface area contributed by atoms with Crippen molar-refractivity contribution in [2.75, 3.05) is 16.8 Å². The number of fused-ring (bicyclic) bond motifs is 2. The molecule has 0 aliphatic carbocycles. The zero-order valence-electron chi connectivity index (χ0n) is 28.5. The van der Waals surface area contributed by atoms with E-state index in [4.69, 9.17) is 14.7 Å². The summed E-state index contributed by atoms with van der Waals surface area (Å²) < 4.78 is 8.88. The van der Waals surface area contributed by atoms with Crippen LogP contribution < -0.4 is 14.5 Å². The van der Waals surface area contributed by atoms with Gasteiger partial charge in [0.2, 0.25) is 0 Å². The van der Waals surface area contributed by atoms with E-state index in [0.29, 0.717) is 11.5 Å². The predicted octanol–water partition coefficient (Wildman–Crippen LogP) is 9.70. The normalized spacial score (nSPS) is 13.5. The minimum atomic E-state index is -0.498. The first-order valence-corrected chi connectivity index (χ1v) is 15.9. The number of anilines is 3. The molecule has 0 spiro atoms. The van der Waals surface area contributed by atoms with E-state index >= 15 is 0 Å². The van der Waals surface area contributed by atoms with Gasteiger partial charge in [0.05, 0.1) is 17.0 Å².